The van der Waals surface area contributed by atoms with E-state index in [9.17, 15) is 9.59 Å². The zero-order chi connectivity index (χ0) is 14.0. The molecule has 1 aromatic rings. The number of benzene rings is 1. The van der Waals surface area contributed by atoms with Gasteiger partial charge in [-0.3, -0.25) is 4.90 Å². The number of carboxylic acid groups (broad SMARTS) is 1. The number of fused-ring (bicyclic) bond motifs is 1. The SMILES string of the molecule is CC(C)OC(=O)N1CC(C(=O)O)Oc2ccccc21. The summed E-state index contributed by atoms with van der Waals surface area (Å²) >= 11 is 0. The Kier molecular flexibility index (Phi) is 3.59. The number of nitrogens with zero attached hydrogens (tertiary/aromatic N) is 1. The topological polar surface area (TPSA) is 76.1 Å². The maximum Gasteiger partial charge on any atom is 0.414 e. The van der Waals surface area contributed by atoms with Crippen LogP contribution in [0.1, 0.15) is 13.8 Å². The predicted molar refractivity (Wildman–Crippen MR) is 67.5 cm³/mol. The number of para-hydroxylation sites is 2. The molecule has 6 nitrogen and oxygen atoms in total. The van der Waals surface area contributed by atoms with Crippen LogP contribution in [0.15, 0.2) is 24.3 Å². The minimum atomic E-state index is -1.11. The Morgan fingerprint density at radius 3 is 2.74 bits per heavy atom. The zero-order valence-corrected chi connectivity index (χ0v) is 10.7. The molecule has 102 valence electrons. The van der Waals surface area contributed by atoms with Crippen molar-refractivity contribution >= 4 is 17.7 Å². The van der Waals surface area contributed by atoms with E-state index in [0.717, 1.165) is 0 Å². The average Bonchev–Trinajstić information content (AvgIpc) is 2.36. The number of hydrogen-bond donors (Lipinski definition) is 1. The highest BCUT2D eigenvalue weighted by molar-refractivity contribution is 5.92. The van der Waals surface area contributed by atoms with Crippen molar-refractivity contribution in [3.63, 3.8) is 0 Å². The van der Waals surface area contributed by atoms with E-state index in [4.69, 9.17) is 14.6 Å². The molecule has 0 bridgehead atoms. The standard InChI is InChI=1S/C13H15NO5/c1-8(2)18-13(17)14-7-11(12(15)16)19-10-6-4-3-5-9(10)14/h3-6,8,11H,7H2,1-2H3,(H,15,16). The third kappa shape index (κ3) is 2.78. The molecule has 0 fully saturated rings. The molecule has 1 unspecified atom stereocenters. The molecule has 1 atom stereocenters. The maximum atomic E-state index is 12.0. The quantitative estimate of drug-likeness (QED) is 0.883. The first kappa shape index (κ1) is 13.2. The lowest BCUT2D eigenvalue weighted by Gasteiger charge is -2.32. The van der Waals surface area contributed by atoms with E-state index < -0.39 is 18.2 Å². The summed E-state index contributed by atoms with van der Waals surface area (Å²) in [6.45, 7) is 3.40. The smallest absolute Gasteiger partial charge is 0.414 e. The third-order valence-corrected chi connectivity index (χ3v) is 2.61. The van der Waals surface area contributed by atoms with Crippen molar-refractivity contribution < 1.29 is 24.2 Å². The first-order chi connectivity index (χ1) is 8.99. The minimum absolute atomic E-state index is 0.0715. The average molecular weight is 265 g/mol. The van der Waals surface area contributed by atoms with Crippen LogP contribution < -0.4 is 9.64 Å². The van der Waals surface area contributed by atoms with Gasteiger partial charge >= 0.3 is 12.1 Å². The molecule has 19 heavy (non-hydrogen) atoms. The Morgan fingerprint density at radius 2 is 2.11 bits per heavy atom. The van der Waals surface area contributed by atoms with Gasteiger partial charge in [-0.05, 0) is 26.0 Å². The van der Waals surface area contributed by atoms with Gasteiger partial charge < -0.3 is 14.6 Å². The number of anilines is 1. The van der Waals surface area contributed by atoms with Gasteiger partial charge in [-0.2, -0.15) is 0 Å². The summed E-state index contributed by atoms with van der Waals surface area (Å²) in [6.07, 6.45) is -1.93. The molecule has 1 aromatic carbocycles. The van der Waals surface area contributed by atoms with Crippen molar-refractivity contribution in [3.8, 4) is 5.75 Å². The number of carboxylic acids is 1. The Bertz CT molecular complexity index is 500. The Hall–Kier alpha value is -2.24. The normalized spacial score (nSPS) is 17.6. The van der Waals surface area contributed by atoms with Gasteiger partial charge in [0.1, 0.15) is 5.75 Å². The van der Waals surface area contributed by atoms with E-state index in [-0.39, 0.29) is 12.6 Å². The lowest BCUT2D eigenvalue weighted by atomic mass is 10.2. The van der Waals surface area contributed by atoms with Crippen molar-refractivity contribution in [2.75, 3.05) is 11.4 Å². The monoisotopic (exact) mass is 265 g/mol. The van der Waals surface area contributed by atoms with Crippen molar-refractivity contribution in [1.29, 1.82) is 0 Å². The van der Waals surface area contributed by atoms with Crippen LogP contribution in [-0.4, -0.2) is 35.9 Å². The molecule has 0 saturated heterocycles. The molecule has 0 spiro atoms. The van der Waals surface area contributed by atoms with Gasteiger partial charge in [0.15, 0.2) is 0 Å². The fraction of sp³-hybridized carbons (Fsp3) is 0.385. The van der Waals surface area contributed by atoms with Crippen molar-refractivity contribution in [2.45, 2.75) is 26.1 Å². The Balaban J connectivity index is 2.31. The number of rotatable bonds is 2. The van der Waals surface area contributed by atoms with E-state index in [0.29, 0.717) is 11.4 Å². The molecule has 1 aliphatic rings. The van der Waals surface area contributed by atoms with Crippen LogP contribution in [0.5, 0.6) is 5.75 Å². The molecule has 0 saturated carbocycles. The largest absolute Gasteiger partial charge is 0.478 e. The van der Waals surface area contributed by atoms with Gasteiger partial charge in [0.05, 0.1) is 18.3 Å². The zero-order valence-electron chi connectivity index (χ0n) is 10.7. The molecule has 1 N–H and O–H groups in total. The summed E-state index contributed by atoms with van der Waals surface area (Å²) in [5, 5.41) is 9.04. The van der Waals surface area contributed by atoms with E-state index >= 15 is 0 Å². The summed E-state index contributed by atoms with van der Waals surface area (Å²) in [4.78, 5) is 24.3. The van der Waals surface area contributed by atoms with E-state index in [1.54, 1.807) is 38.1 Å². The molecular formula is C13H15NO5. The second-order valence-electron chi connectivity index (χ2n) is 4.46. The Morgan fingerprint density at radius 1 is 1.42 bits per heavy atom. The molecule has 0 aromatic heterocycles. The summed E-state index contributed by atoms with van der Waals surface area (Å²) < 4.78 is 10.4. The highest BCUT2D eigenvalue weighted by Crippen LogP contribution is 2.33. The second kappa shape index (κ2) is 5.17. The molecule has 1 heterocycles. The Labute approximate surface area is 110 Å². The van der Waals surface area contributed by atoms with E-state index in [1.807, 2.05) is 0 Å². The molecule has 0 aliphatic carbocycles. The van der Waals surface area contributed by atoms with Gasteiger partial charge in [0.25, 0.3) is 0 Å². The number of aliphatic carboxylic acids is 1. The summed E-state index contributed by atoms with van der Waals surface area (Å²) in [7, 11) is 0. The lowest BCUT2D eigenvalue weighted by Crippen LogP contribution is -2.47. The van der Waals surface area contributed by atoms with Gasteiger partial charge in [0, 0.05) is 0 Å². The molecule has 6 heteroatoms. The van der Waals surface area contributed by atoms with Gasteiger partial charge in [0.2, 0.25) is 6.10 Å². The van der Waals surface area contributed by atoms with Crippen LogP contribution in [0.4, 0.5) is 10.5 Å². The third-order valence-electron chi connectivity index (χ3n) is 2.61. The van der Waals surface area contributed by atoms with Crippen LogP contribution in [0.3, 0.4) is 0 Å². The lowest BCUT2D eigenvalue weighted by molar-refractivity contribution is -0.144. The number of amides is 1. The first-order valence-corrected chi connectivity index (χ1v) is 5.95. The maximum absolute atomic E-state index is 12.0. The number of ether oxygens (including phenoxy) is 2. The first-order valence-electron chi connectivity index (χ1n) is 5.95. The summed E-state index contributed by atoms with van der Waals surface area (Å²) in [5.41, 5.74) is 0.519. The van der Waals surface area contributed by atoms with Gasteiger partial charge in [-0.25, -0.2) is 9.59 Å². The van der Waals surface area contributed by atoms with Crippen LogP contribution >= 0.6 is 0 Å². The van der Waals surface area contributed by atoms with Gasteiger partial charge in [-0.15, -0.1) is 0 Å². The number of carbonyl (C=O) groups excluding carboxylic acids is 1. The van der Waals surface area contributed by atoms with Crippen LogP contribution in [-0.2, 0) is 9.53 Å². The van der Waals surface area contributed by atoms with Crippen molar-refractivity contribution in [1.82, 2.24) is 0 Å². The highest BCUT2D eigenvalue weighted by Gasteiger charge is 2.34. The molecule has 2 rings (SSSR count). The summed E-state index contributed by atoms with van der Waals surface area (Å²) in [5.74, 6) is -0.751. The van der Waals surface area contributed by atoms with Crippen LogP contribution in [0.2, 0.25) is 0 Å². The molecule has 0 radical (unpaired) electrons. The number of hydrogen-bond acceptors (Lipinski definition) is 4. The van der Waals surface area contributed by atoms with Crippen LogP contribution in [0.25, 0.3) is 0 Å². The number of carbonyl (C=O) groups is 2. The summed E-state index contributed by atoms with van der Waals surface area (Å²) in [6, 6.07) is 6.78. The predicted octanol–water partition coefficient (Wildman–Crippen LogP) is 1.88. The fourth-order valence-corrected chi connectivity index (χ4v) is 1.80. The van der Waals surface area contributed by atoms with Crippen molar-refractivity contribution in [2.24, 2.45) is 0 Å². The van der Waals surface area contributed by atoms with Crippen molar-refractivity contribution in [3.05, 3.63) is 24.3 Å². The molecular weight excluding hydrogens is 250 g/mol. The second-order valence-corrected chi connectivity index (χ2v) is 4.46. The fourth-order valence-electron chi connectivity index (χ4n) is 1.80. The highest BCUT2D eigenvalue weighted by atomic mass is 16.6. The minimum Gasteiger partial charge on any atom is -0.478 e. The molecule has 1 amide bonds. The molecule has 1 aliphatic heterocycles. The van der Waals surface area contributed by atoms with E-state index in [1.165, 1.54) is 4.90 Å². The van der Waals surface area contributed by atoms with Gasteiger partial charge in [-0.1, -0.05) is 12.1 Å². The van der Waals surface area contributed by atoms with E-state index in [2.05, 4.69) is 0 Å². The van der Waals surface area contributed by atoms with Crippen LogP contribution in [0, 0.1) is 0 Å².